The second-order valence-corrected chi connectivity index (χ2v) is 6.39. The highest BCUT2D eigenvalue weighted by atomic mass is 127. The summed E-state index contributed by atoms with van der Waals surface area (Å²) >= 11 is 2.27. The van der Waals surface area contributed by atoms with Gasteiger partial charge in [-0.1, -0.05) is 43.4 Å². The fourth-order valence-corrected chi connectivity index (χ4v) is 1.43. The maximum atomic E-state index is 12.1. The van der Waals surface area contributed by atoms with E-state index in [9.17, 15) is 4.79 Å². The highest BCUT2D eigenvalue weighted by Gasteiger charge is 2.32. The van der Waals surface area contributed by atoms with Crippen molar-refractivity contribution < 1.29 is 9.53 Å². The minimum atomic E-state index is -0.388. The number of rotatable bonds is 4. The molecular weight excluding hydrogens is 329 g/mol. The second kappa shape index (κ2) is 5.71. The molecule has 4 heteroatoms. The van der Waals surface area contributed by atoms with Crippen LogP contribution in [0.3, 0.4) is 0 Å². The summed E-state index contributed by atoms with van der Waals surface area (Å²) < 4.78 is 5.33. The number of hydrogen-bond acceptors (Lipinski definition) is 2. The number of hydrogen-bond donors (Lipinski definition) is 1. The van der Waals surface area contributed by atoms with Gasteiger partial charge in [0.05, 0.1) is 12.5 Å². The van der Waals surface area contributed by atoms with Gasteiger partial charge in [0.15, 0.2) is 0 Å². The molecule has 0 heterocycles. The molecule has 1 aromatic rings. The number of ether oxygens (including phenoxy) is 1. The zero-order valence-electron chi connectivity index (χ0n) is 10.6. The topological polar surface area (TPSA) is 38.3 Å². The Bertz CT molecular complexity index is 385. The lowest BCUT2D eigenvalue weighted by Gasteiger charge is -2.26. The van der Waals surface area contributed by atoms with E-state index in [1.54, 1.807) is 7.11 Å². The zero-order chi connectivity index (χ0) is 13.1. The van der Waals surface area contributed by atoms with E-state index in [1.165, 1.54) is 0 Å². The molecule has 1 unspecified atom stereocenters. The van der Waals surface area contributed by atoms with Crippen LogP contribution in [0, 0.1) is 5.41 Å². The fourth-order valence-electron chi connectivity index (χ4n) is 1.15. The normalized spacial score (nSPS) is 13.0. The van der Waals surface area contributed by atoms with Gasteiger partial charge in [0.2, 0.25) is 5.91 Å². The van der Waals surface area contributed by atoms with Crippen molar-refractivity contribution in [3.8, 4) is 5.75 Å². The first kappa shape index (κ1) is 14.3. The smallest absolute Gasteiger partial charge is 0.231 e. The lowest BCUT2D eigenvalue weighted by molar-refractivity contribution is -0.123. The van der Waals surface area contributed by atoms with Gasteiger partial charge in [0.1, 0.15) is 5.75 Å². The van der Waals surface area contributed by atoms with Crippen LogP contribution in [0.1, 0.15) is 20.8 Å². The predicted molar refractivity (Wildman–Crippen MR) is 78.9 cm³/mol. The van der Waals surface area contributed by atoms with Crippen LogP contribution in [0.25, 0.3) is 0 Å². The first-order valence-electron chi connectivity index (χ1n) is 5.47. The number of methoxy groups -OCH3 is 1. The van der Waals surface area contributed by atoms with Crippen LogP contribution in [-0.4, -0.2) is 16.9 Å². The highest BCUT2D eigenvalue weighted by Crippen LogP contribution is 2.28. The van der Waals surface area contributed by atoms with Gasteiger partial charge in [-0.3, -0.25) is 4.79 Å². The summed E-state index contributed by atoms with van der Waals surface area (Å²) in [6, 6.07) is 7.33. The molecule has 1 atom stereocenters. The molecule has 0 aliphatic carbocycles. The Morgan fingerprint density at radius 3 is 2.29 bits per heavy atom. The summed E-state index contributed by atoms with van der Waals surface area (Å²) in [4.78, 5) is 12.1. The Balaban J connectivity index is 2.74. The maximum absolute atomic E-state index is 12.1. The predicted octanol–water partition coefficient (Wildman–Crippen LogP) is 3.48. The Morgan fingerprint density at radius 1 is 1.35 bits per heavy atom. The van der Waals surface area contributed by atoms with E-state index in [4.69, 9.17) is 4.74 Å². The number of nitrogens with one attached hydrogen (secondary N) is 1. The van der Waals surface area contributed by atoms with Gasteiger partial charge in [-0.2, -0.15) is 0 Å². The SMILES string of the molecule is COc1ccc(NC(=O)C(C)(C)C(C)I)cc1. The van der Waals surface area contributed by atoms with Crippen LogP contribution in [0.15, 0.2) is 24.3 Å². The average molecular weight is 347 g/mol. The highest BCUT2D eigenvalue weighted by molar-refractivity contribution is 14.1. The van der Waals surface area contributed by atoms with E-state index in [0.717, 1.165) is 11.4 Å². The molecule has 1 aromatic carbocycles. The van der Waals surface area contributed by atoms with E-state index < -0.39 is 0 Å². The third-order valence-corrected chi connectivity index (χ3v) is 4.48. The molecule has 17 heavy (non-hydrogen) atoms. The van der Waals surface area contributed by atoms with E-state index in [1.807, 2.05) is 45.0 Å². The number of alkyl halides is 1. The maximum Gasteiger partial charge on any atom is 0.231 e. The monoisotopic (exact) mass is 347 g/mol. The Hall–Kier alpha value is -0.780. The summed E-state index contributed by atoms with van der Waals surface area (Å²) in [6.45, 7) is 5.93. The van der Waals surface area contributed by atoms with E-state index >= 15 is 0 Å². The minimum absolute atomic E-state index is 0.0320. The van der Waals surface area contributed by atoms with Gasteiger partial charge in [-0.25, -0.2) is 0 Å². The molecule has 1 amide bonds. The van der Waals surface area contributed by atoms with E-state index in [2.05, 4.69) is 27.9 Å². The lowest BCUT2D eigenvalue weighted by Crippen LogP contribution is -2.36. The second-order valence-electron chi connectivity index (χ2n) is 4.52. The molecule has 0 radical (unpaired) electrons. The molecule has 0 aliphatic heterocycles. The molecule has 0 aliphatic rings. The lowest BCUT2D eigenvalue weighted by atomic mass is 9.89. The van der Waals surface area contributed by atoms with Crippen molar-refractivity contribution in [1.29, 1.82) is 0 Å². The van der Waals surface area contributed by atoms with E-state index in [0.29, 0.717) is 0 Å². The van der Waals surface area contributed by atoms with Crippen molar-refractivity contribution in [3.05, 3.63) is 24.3 Å². The first-order valence-corrected chi connectivity index (χ1v) is 6.72. The van der Waals surface area contributed by atoms with Gasteiger partial charge < -0.3 is 10.1 Å². The van der Waals surface area contributed by atoms with Crippen molar-refractivity contribution in [2.24, 2.45) is 5.41 Å². The molecule has 0 spiro atoms. The van der Waals surface area contributed by atoms with Gasteiger partial charge in [-0.05, 0) is 24.3 Å². The Morgan fingerprint density at radius 2 is 1.88 bits per heavy atom. The van der Waals surface area contributed by atoms with Crippen LogP contribution in [0.2, 0.25) is 0 Å². The van der Waals surface area contributed by atoms with Crippen LogP contribution < -0.4 is 10.1 Å². The van der Waals surface area contributed by atoms with Crippen molar-refractivity contribution in [3.63, 3.8) is 0 Å². The van der Waals surface area contributed by atoms with Crippen molar-refractivity contribution >= 4 is 34.2 Å². The summed E-state index contributed by atoms with van der Waals surface area (Å²) in [7, 11) is 1.62. The average Bonchev–Trinajstić information content (AvgIpc) is 2.29. The third-order valence-electron chi connectivity index (χ3n) is 2.93. The van der Waals surface area contributed by atoms with Crippen LogP contribution >= 0.6 is 22.6 Å². The number of benzene rings is 1. The van der Waals surface area contributed by atoms with Crippen LogP contribution in [-0.2, 0) is 4.79 Å². The number of carbonyl (C=O) groups is 1. The molecule has 1 rings (SSSR count). The molecule has 0 saturated heterocycles. The number of carbonyl (C=O) groups excluding carboxylic acids is 1. The largest absolute Gasteiger partial charge is 0.497 e. The summed E-state index contributed by atoms with van der Waals surface area (Å²) in [5.74, 6) is 0.814. The van der Waals surface area contributed by atoms with Crippen molar-refractivity contribution in [2.45, 2.75) is 24.7 Å². The van der Waals surface area contributed by atoms with Gasteiger partial charge >= 0.3 is 0 Å². The number of anilines is 1. The standard InChI is InChI=1S/C13H18INO2/c1-9(14)13(2,3)12(16)15-10-5-7-11(17-4)8-6-10/h5-9H,1-4H3,(H,15,16). The fraction of sp³-hybridized carbons (Fsp3) is 0.462. The first-order chi connectivity index (χ1) is 7.87. The molecule has 94 valence electrons. The Kier molecular flexibility index (Phi) is 4.80. The van der Waals surface area contributed by atoms with Crippen molar-refractivity contribution in [2.75, 3.05) is 12.4 Å². The molecule has 0 fully saturated rings. The molecular formula is C13H18INO2. The van der Waals surface area contributed by atoms with Gasteiger partial charge in [0, 0.05) is 9.61 Å². The molecule has 0 saturated carbocycles. The minimum Gasteiger partial charge on any atom is -0.497 e. The molecule has 0 bridgehead atoms. The zero-order valence-corrected chi connectivity index (χ0v) is 12.7. The molecule has 3 nitrogen and oxygen atoms in total. The number of halogens is 1. The summed E-state index contributed by atoms with van der Waals surface area (Å²) in [5, 5.41) is 2.92. The Labute approximate surface area is 116 Å². The quantitative estimate of drug-likeness (QED) is 0.669. The van der Waals surface area contributed by atoms with Gasteiger partial charge in [-0.15, -0.1) is 0 Å². The number of amides is 1. The molecule has 1 N–H and O–H groups in total. The van der Waals surface area contributed by atoms with Crippen molar-refractivity contribution in [1.82, 2.24) is 0 Å². The van der Waals surface area contributed by atoms with E-state index in [-0.39, 0.29) is 15.2 Å². The van der Waals surface area contributed by atoms with Crippen LogP contribution in [0.4, 0.5) is 5.69 Å². The van der Waals surface area contributed by atoms with Crippen LogP contribution in [0.5, 0.6) is 5.75 Å². The summed E-state index contributed by atoms with van der Waals surface area (Å²) in [6.07, 6.45) is 0. The summed E-state index contributed by atoms with van der Waals surface area (Å²) in [5.41, 5.74) is 0.404. The third kappa shape index (κ3) is 3.59. The van der Waals surface area contributed by atoms with Gasteiger partial charge in [0.25, 0.3) is 0 Å². The molecule has 0 aromatic heterocycles.